The van der Waals surface area contributed by atoms with Crippen LogP contribution in [0.5, 0.6) is 0 Å². The first-order valence-corrected chi connectivity index (χ1v) is 6.63. The summed E-state index contributed by atoms with van der Waals surface area (Å²) >= 11 is 0. The number of benzene rings is 1. The van der Waals surface area contributed by atoms with E-state index < -0.39 is 11.6 Å². The molecular weight excluding hydrogens is 274 g/mol. The summed E-state index contributed by atoms with van der Waals surface area (Å²) in [6.45, 7) is 0.477. The lowest BCUT2D eigenvalue weighted by molar-refractivity contribution is -0.130. The Morgan fingerprint density at radius 3 is 2.67 bits per heavy atom. The maximum atomic E-state index is 13.1. The van der Waals surface area contributed by atoms with Crippen molar-refractivity contribution >= 4 is 5.91 Å². The van der Waals surface area contributed by atoms with Crippen molar-refractivity contribution in [1.82, 2.24) is 9.88 Å². The molecule has 0 saturated carbocycles. The van der Waals surface area contributed by atoms with Crippen LogP contribution in [0.1, 0.15) is 17.5 Å². The Labute approximate surface area is 122 Å². The molecule has 1 aromatic heterocycles. The minimum absolute atomic E-state index is 0.0522. The molecule has 1 heterocycles. The van der Waals surface area contributed by atoms with Crippen molar-refractivity contribution in [2.75, 3.05) is 7.05 Å². The highest BCUT2D eigenvalue weighted by atomic mass is 19.2. The van der Waals surface area contributed by atoms with Gasteiger partial charge in [0.15, 0.2) is 11.6 Å². The van der Waals surface area contributed by atoms with Crippen LogP contribution in [0.25, 0.3) is 0 Å². The predicted molar refractivity (Wildman–Crippen MR) is 75.4 cm³/mol. The van der Waals surface area contributed by atoms with Crippen molar-refractivity contribution in [1.29, 1.82) is 0 Å². The standard InChI is InChI=1S/C16H16F2N2O/c1-20(11-13-3-2-8-19-10-13)16(21)7-5-12-4-6-14(17)15(18)9-12/h2-4,6,8-10H,5,7,11H2,1H3. The summed E-state index contributed by atoms with van der Waals surface area (Å²) in [6, 6.07) is 7.41. The molecule has 1 amide bonds. The van der Waals surface area contributed by atoms with E-state index in [4.69, 9.17) is 0 Å². The second-order valence-electron chi connectivity index (χ2n) is 4.86. The highest BCUT2D eigenvalue weighted by molar-refractivity contribution is 5.76. The normalized spacial score (nSPS) is 10.4. The molecule has 0 aliphatic carbocycles. The molecule has 0 N–H and O–H groups in total. The van der Waals surface area contributed by atoms with Gasteiger partial charge in [-0.25, -0.2) is 8.78 Å². The van der Waals surface area contributed by atoms with Crippen LogP contribution in [0.4, 0.5) is 8.78 Å². The second-order valence-corrected chi connectivity index (χ2v) is 4.86. The molecule has 0 fully saturated rings. The first kappa shape index (κ1) is 15.1. The van der Waals surface area contributed by atoms with Gasteiger partial charge in [0, 0.05) is 32.4 Å². The molecule has 0 aliphatic rings. The molecule has 0 unspecified atom stereocenters. The largest absolute Gasteiger partial charge is 0.341 e. The van der Waals surface area contributed by atoms with Gasteiger partial charge in [0.2, 0.25) is 5.91 Å². The number of rotatable bonds is 5. The lowest BCUT2D eigenvalue weighted by Crippen LogP contribution is -2.26. The molecule has 0 saturated heterocycles. The number of amides is 1. The third-order valence-corrected chi connectivity index (χ3v) is 3.18. The Bertz CT molecular complexity index is 617. The summed E-state index contributed by atoms with van der Waals surface area (Å²) in [5.41, 5.74) is 1.55. The van der Waals surface area contributed by atoms with Crippen LogP contribution in [0, 0.1) is 11.6 Å². The molecule has 5 heteroatoms. The van der Waals surface area contributed by atoms with Crippen molar-refractivity contribution in [2.45, 2.75) is 19.4 Å². The molecule has 0 atom stereocenters. The van der Waals surface area contributed by atoms with Crippen molar-refractivity contribution in [3.05, 3.63) is 65.5 Å². The number of halogens is 2. The van der Waals surface area contributed by atoms with E-state index in [-0.39, 0.29) is 12.3 Å². The van der Waals surface area contributed by atoms with Gasteiger partial charge in [0.1, 0.15) is 0 Å². The number of aromatic nitrogens is 1. The van der Waals surface area contributed by atoms with Gasteiger partial charge in [-0.3, -0.25) is 9.78 Å². The Balaban J connectivity index is 1.87. The predicted octanol–water partition coefficient (Wildman–Crippen LogP) is 2.95. The van der Waals surface area contributed by atoms with Crippen LogP contribution in [-0.2, 0) is 17.8 Å². The quantitative estimate of drug-likeness (QED) is 0.848. The van der Waals surface area contributed by atoms with Gasteiger partial charge < -0.3 is 4.90 Å². The number of nitrogens with zero attached hydrogens (tertiary/aromatic N) is 2. The van der Waals surface area contributed by atoms with Crippen LogP contribution in [0.2, 0.25) is 0 Å². The van der Waals surface area contributed by atoms with E-state index in [0.29, 0.717) is 18.5 Å². The van der Waals surface area contributed by atoms with E-state index in [1.807, 2.05) is 12.1 Å². The summed E-state index contributed by atoms with van der Waals surface area (Å²) in [6.07, 6.45) is 4.02. The van der Waals surface area contributed by atoms with Crippen LogP contribution in [0.15, 0.2) is 42.7 Å². The maximum Gasteiger partial charge on any atom is 0.222 e. The Morgan fingerprint density at radius 1 is 1.19 bits per heavy atom. The molecule has 1 aromatic carbocycles. The Morgan fingerprint density at radius 2 is 2.00 bits per heavy atom. The van der Waals surface area contributed by atoms with Gasteiger partial charge in [0.05, 0.1) is 0 Å². The van der Waals surface area contributed by atoms with Crippen LogP contribution in [0.3, 0.4) is 0 Å². The van der Waals surface area contributed by atoms with Crippen LogP contribution in [-0.4, -0.2) is 22.8 Å². The van der Waals surface area contributed by atoms with E-state index in [1.165, 1.54) is 6.07 Å². The van der Waals surface area contributed by atoms with E-state index in [2.05, 4.69) is 4.98 Å². The van der Waals surface area contributed by atoms with Crippen LogP contribution < -0.4 is 0 Å². The molecule has 2 rings (SSSR count). The topological polar surface area (TPSA) is 33.2 Å². The molecular formula is C16H16F2N2O. The summed E-state index contributed by atoms with van der Waals surface area (Å²) in [7, 11) is 1.71. The van der Waals surface area contributed by atoms with Gasteiger partial charge >= 0.3 is 0 Å². The first-order valence-electron chi connectivity index (χ1n) is 6.63. The first-order chi connectivity index (χ1) is 10.1. The number of pyridine rings is 1. The fraction of sp³-hybridized carbons (Fsp3) is 0.250. The molecule has 110 valence electrons. The van der Waals surface area contributed by atoms with Gasteiger partial charge in [-0.15, -0.1) is 0 Å². The number of carbonyl (C=O) groups excluding carboxylic acids is 1. The smallest absolute Gasteiger partial charge is 0.222 e. The third-order valence-electron chi connectivity index (χ3n) is 3.18. The van der Waals surface area contributed by atoms with Crippen molar-refractivity contribution < 1.29 is 13.6 Å². The Kier molecular flexibility index (Phi) is 4.98. The molecule has 0 bridgehead atoms. The molecule has 0 aliphatic heterocycles. The summed E-state index contributed by atoms with van der Waals surface area (Å²) < 4.78 is 25.9. The van der Waals surface area contributed by atoms with E-state index >= 15 is 0 Å². The fourth-order valence-electron chi connectivity index (χ4n) is 1.99. The lowest BCUT2D eigenvalue weighted by Gasteiger charge is -2.17. The summed E-state index contributed by atoms with van der Waals surface area (Å²) in [5.74, 6) is -1.81. The van der Waals surface area contributed by atoms with Gasteiger partial charge in [-0.1, -0.05) is 12.1 Å². The number of hydrogen-bond acceptors (Lipinski definition) is 2. The average molecular weight is 290 g/mol. The van der Waals surface area contributed by atoms with E-state index in [1.54, 1.807) is 24.3 Å². The second kappa shape index (κ2) is 6.92. The van der Waals surface area contributed by atoms with Crippen molar-refractivity contribution in [2.24, 2.45) is 0 Å². The number of carbonyl (C=O) groups is 1. The average Bonchev–Trinajstić information content (AvgIpc) is 2.49. The zero-order chi connectivity index (χ0) is 15.2. The molecule has 2 aromatic rings. The van der Waals surface area contributed by atoms with Gasteiger partial charge in [-0.2, -0.15) is 0 Å². The minimum atomic E-state index is -0.885. The van der Waals surface area contributed by atoms with Crippen molar-refractivity contribution in [3.8, 4) is 0 Å². The molecule has 21 heavy (non-hydrogen) atoms. The van der Waals surface area contributed by atoms with Gasteiger partial charge in [-0.05, 0) is 35.7 Å². The third kappa shape index (κ3) is 4.34. The van der Waals surface area contributed by atoms with Crippen LogP contribution >= 0.6 is 0 Å². The number of aryl methyl sites for hydroxylation is 1. The van der Waals surface area contributed by atoms with E-state index in [9.17, 15) is 13.6 Å². The Hall–Kier alpha value is -2.30. The van der Waals surface area contributed by atoms with E-state index in [0.717, 1.165) is 17.7 Å². The molecule has 0 radical (unpaired) electrons. The zero-order valence-corrected chi connectivity index (χ0v) is 11.7. The summed E-state index contributed by atoms with van der Waals surface area (Å²) in [4.78, 5) is 17.6. The minimum Gasteiger partial charge on any atom is -0.341 e. The van der Waals surface area contributed by atoms with Gasteiger partial charge in [0.25, 0.3) is 0 Å². The molecule has 3 nitrogen and oxygen atoms in total. The monoisotopic (exact) mass is 290 g/mol. The van der Waals surface area contributed by atoms with Crippen molar-refractivity contribution in [3.63, 3.8) is 0 Å². The maximum absolute atomic E-state index is 13.1. The number of hydrogen-bond donors (Lipinski definition) is 0. The highest BCUT2D eigenvalue weighted by Crippen LogP contribution is 2.11. The molecule has 0 spiro atoms. The highest BCUT2D eigenvalue weighted by Gasteiger charge is 2.10. The lowest BCUT2D eigenvalue weighted by atomic mass is 10.1. The summed E-state index contributed by atoms with van der Waals surface area (Å²) in [5, 5.41) is 0. The SMILES string of the molecule is CN(Cc1cccnc1)C(=O)CCc1ccc(F)c(F)c1. The fourth-order valence-corrected chi connectivity index (χ4v) is 1.99. The zero-order valence-electron chi connectivity index (χ0n) is 11.7.